The van der Waals surface area contributed by atoms with E-state index in [-0.39, 0.29) is 16.5 Å². The Morgan fingerprint density at radius 1 is 1.52 bits per heavy atom. The Labute approximate surface area is 157 Å². The van der Waals surface area contributed by atoms with E-state index in [9.17, 15) is 27.2 Å². The molecule has 2 rings (SSSR count). The fourth-order valence-electron chi connectivity index (χ4n) is 2.16. The van der Waals surface area contributed by atoms with Gasteiger partial charge in [-0.25, -0.2) is 27.5 Å². The lowest BCUT2D eigenvalue weighted by Crippen LogP contribution is -2.42. The van der Waals surface area contributed by atoms with Gasteiger partial charge < -0.3 is 4.74 Å². The lowest BCUT2D eigenvalue weighted by molar-refractivity contribution is 0.167. The molecule has 0 aromatic carbocycles. The smallest absolute Gasteiger partial charge is 0.360 e. The van der Waals surface area contributed by atoms with Crippen molar-refractivity contribution in [2.24, 2.45) is 7.05 Å². The number of alkyl halides is 1. The van der Waals surface area contributed by atoms with E-state index in [2.05, 4.69) is 5.10 Å². The number of halogens is 1. The quantitative estimate of drug-likeness (QED) is 0.495. The summed E-state index contributed by atoms with van der Waals surface area (Å²) in [5, 5.41) is 3.75. The van der Waals surface area contributed by atoms with Gasteiger partial charge in [-0.2, -0.15) is 0 Å². The Morgan fingerprint density at radius 3 is 2.81 bits per heavy atom. The molecule has 1 aliphatic carbocycles. The fourth-order valence-corrected chi connectivity index (χ4v) is 4.03. The molecule has 1 heterocycles. The van der Waals surface area contributed by atoms with Crippen LogP contribution in [0.15, 0.2) is 38.7 Å². The van der Waals surface area contributed by atoms with Crippen LogP contribution in [0.3, 0.4) is 0 Å². The minimum atomic E-state index is -4.46. The first-order chi connectivity index (χ1) is 12.8. The maximum atomic E-state index is 12.5. The van der Waals surface area contributed by atoms with Crippen LogP contribution in [0.4, 0.5) is 9.18 Å². The third kappa shape index (κ3) is 4.27. The molecule has 27 heavy (non-hydrogen) atoms. The number of thioether (sulfide) groups is 1. The van der Waals surface area contributed by atoms with Crippen molar-refractivity contribution in [3.8, 4) is 0 Å². The van der Waals surface area contributed by atoms with Crippen molar-refractivity contribution in [2.45, 2.75) is 11.3 Å². The highest BCUT2D eigenvalue weighted by Crippen LogP contribution is 2.23. The molecule has 1 aromatic rings. The number of carbonyl (C=O) groups excluding carboxylic acids is 2. The molecule has 0 aliphatic heterocycles. The van der Waals surface area contributed by atoms with Crippen molar-refractivity contribution in [1.82, 2.24) is 19.1 Å². The minimum absolute atomic E-state index is 0.0136. The second-order valence-electron chi connectivity index (χ2n) is 5.09. The third-order valence-electron chi connectivity index (χ3n) is 3.40. The molecule has 146 valence electrons. The average Bonchev–Trinajstić information content (AvgIpc) is 2.93. The van der Waals surface area contributed by atoms with Crippen molar-refractivity contribution in [2.75, 3.05) is 19.5 Å². The molecule has 1 atom stereocenters. The normalized spacial score (nSPS) is 16.8. The summed E-state index contributed by atoms with van der Waals surface area (Å²) >= 11 is 0.893. The van der Waals surface area contributed by atoms with Crippen LogP contribution in [-0.4, -0.2) is 60.4 Å². The first-order valence-corrected chi connectivity index (χ1v) is 9.81. The van der Waals surface area contributed by atoms with Gasteiger partial charge in [-0.3, -0.25) is 8.96 Å². The number of sulfonamides is 1. The molecule has 0 bridgehead atoms. The van der Waals surface area contributed by atoms with E-state index in [1.54, 1.807) is 10.7 Å². The third-order valence-corrected chi connectivity index (χ3v) is 5.79. The van der Waals surface area contributed by atoms with Gasteiger partial charge >= 0.3 is 11.7 Å². The summed E-state index contributed by atoms with van der Waals surface area (Å²) < 4.78 is 45.3. The average molecular weight is 418 g/mol. The van der Waals surface area contributed by atoms with E-state index in [0.29, 0.717) is 4.68 Å². The summed E-state index contributed by atoms with van der Waals surface area (Å²) in [7, 11) is -1.97. The van der Waals surface area contributed by atoms with Gasteiger partial charge in [0.2, 0.25) is 0 Å². The molecule has 0 fully saturated rings. The second-order valence-corrected chi connectivity index (χ2v) is 7.83. The summed E-state index contributed by atoms with van der Waals surface area (Å²) in [6, 6.07) is -1.33. The summed E-state index contributed by atoms with van der Waals surface area (Å²) in [6.45, 7) is -0.668. The number of hydrogen-bond acceptors (Lipinski definition) is 8. The number of allylic oxidation sites excluding steroid dienone is 2. The Kier molecular flexibility index (Phi) is 6.54. The van der Waals surface area contributed by atoms with Crippen LogP contribution in [0, 0.1) is 0 Å². The van der Waals surface area contributed by atoms with Crippen molar-refractivity contribution in [3.63, 3.8) is 0 Å². The second kappa shape index (κ2) is 8.48. The van der Waals surface area contributed by atoms with Crippen molar-refractivity contribution in [1.29, 1.82) is 0 Å². The summed E-state index contributed by atoms with van der Waals surface area (Å²) in [5.74, 6) is 1.58. The van der Waals surface area contributed by atoms with Gasteiger partial charge in [0.05, 0.1) is 17.2 Å². The van der Waals surface area contributed by atoms with Crippen molar-refractivity contribution in [3.05, 3.63) is 39.2 Å². The van der Waals surface area contributed by atoms with Crippen molar-refractivity contribution < 1.29 is 27.1 Å². The maximum Gasteiger partial charge on any atom is 0.360 e. The number of ether oxygens (including phenoxy) is 1. The number of hydrogen-bond donors (Lipinski definition) is 1. The van der Waals surface area contributed by atoms with E-state index >= 15 is 0 Å². The van der Waals surface area contributed by atoms with Gasteiger partial charge in [0.1, 0.15) is 12.0 Å². The van der Waals surface area contributed by atoms with Crippen LogP contribution in [0.5, 0.6) is 0 Å². The lowest BCUT2D eigenvalue weighted by Gasteiger charge is -2.20. The number of nitrogens with one attached hydrogen (secondary N) is 1. The van der Waals surface area contributed by atoms with Gasteiger partial charge in [-0.05, 0) is 12.2 Å². The molecular weight excluding hydrogens is 403 g/mol. The molecule has 1 unspecified atom stereocenters. The predicted molar refractivity (Wildman–Crippen MR) is 94.2 cm³/mol. The van der Waals surface area contributed by atoms with Gasteiger partial charge in [-0.15, -0.1) is 9.78 Å². The fraction of sp³-hybridized carbons (Fsp3) is 0.357. The first-order valence-electron chi connectivity index (χ1n) is 7.34. The molecule has 1 aromatic heterocycles. The van der Waals surface area contributed by atoms with E-state index in [1.165, 1.54) is 26.3 Å². The number of amides is 1. The summed E-state index contributed by atoms with van der Waals surface area (Å²) in [6.07, 6.45) is 2.50. The highest BCUT2D eigenvalue weighted by atomic mass is 32.2. The van der Waals surface area contributed by atoms with Crippen molar-refractivity contribution >= 4 is 33.8 Å². The number of methoxy groups -OCH3 is 1. The molecule has 13 heteroatoms. The maximum absolute atomic E-state index is 12.5. The van der Waals surface area contributed by atoms with Crippen LogP contribution in [-0.2, 0) is 26.6 Å². The predicted octanol–water partition coefficient (Wildman–Crippen LogP) is -0.242. The monoisotopic (exact) mass is 418 g/mol. The Bertz CT molecular complexity index is 1020. The standard InChI is InChI=1S/C14H15FN4O6S2/c1-18-13(26-7-6-15)16-19(14(18)22)12(21)17-27(23,24)10-5-3-4-9(8-20)11(10)25-2/h3-5,11H,6-7H2,1-2H3,(H,17,21). The Morgan fingerprint density at radius 2 is 2.22 bits per heavy atom. The Hall–Kier alpha value is -2.47. The molecule has 10 nitrogen and oxygen atoms in total. The van der Waals surface area contributed by atoms with Crippen LogP contribution in [0.2, 0.25) is 0 Å². The van der Waals surface area contributed by atoms with E-state index in [4.69, 9.17) is 4.74 Å². The van der Waals surface area contributed by atoms with Crippen LogP contribution < -0.4 is 10.4 Å². The molecule has 0 saturated heterocycles. The number of aromatic nitrogens is 3. The first kappa shape index (κ1) is 20.8. The Balaban J connectivity index is 2.32. The van der Waals surface area contributed by atoms with Crippen LogP contribution in [0.25, 0.3) is 0 Å². The molecule has 1 N–H and O–H groups in total. The zero-order chi connectivity index (χ0) is 20.2. The molecule has 0 spiro atoms. The number of rotatable bonds is 6. The summed E-state index contributed by atoms with van der Waals surface area (Å²) in [4.78, 5) is 34.8. The van der Waals surface area contributed by atoms with Gasteiger partial charge in [0, 0.05) is 19.9 Å². The van der Waals surface area contributed by atoms with Gasteiger partial charge in [0.25, 0.3) is 10.0 Å². The van der Waals surface area contributed by atoms with Gasteiger partial charge in [-0.1, -0.05) is 17.8 Å². The molecule has 1 aliphatic rings. The molecular formula is C14H15FN4O6S2. The molecule has 1 amide bonds. The minimum Gasteiger partial charge on any atom is -0.370 e. The van der Waals surface area contributed by atoms with E-state index in [0.717, 1.165) is 22.4 Å². The van der Waals surface area contributed by atoms with E-state index in [1.807, 2.05) is 0 Å². The molecule has 0 radical (unpaired) electrons. The lowest BCUT2D eigenvalue weighted by atomic mass is 10.1. The van der Waals surface area contributed by atoms with Crippen LogP contribution >= 0.6 is 11.8 Å². The highest BCUT2D eigenvalue weighted by Gasteiger charge is 2.33. The molecule has 0 saturated carbocycles. The topological polar surface area (TPSA) is 129 Å². The highest BCUT2D eigenvalue weighted by molar-refractivity contribution is 7.99. The van der Waals surface area contributed by atoms with Crippen LogP contribution in [0.1, 0.15) is 0 Å². The number of nitrogens with zero attached hydrogens (tertiary/aromatic N) is 3. The van der Waals surface area contributed by atoms with Gasteiger partial charge in [0.15, 0.2) is 5.16 Å². The number of carbonyl (C=O) groups is 1. The zero-order valence-electron chi connectivity index (χ0n) is 14.2. The largest absolute Gasteiger partial charge is 0.370 e. The SMILES string of the molecule is COC1C(=C=O)C=CC=C1S(=O)(=O)NC(=O)n1nc(SCCF)n(C)c1=O. The zero-order valence-corrected chi connectivity index (χ0v) is 15.8. The summed E-state index contributed by atoms with van der Waals surface area (Å²) in [5.41, 5.74) is -0.980. The van der Waals surface area contributed by atoms with E-state index < -0.39 is 39.4 Å².